The van der Waals surface area contributed by atoms with Crippen molar-refractivity contribution in [1.82, 2.24) is 9.97 Å². The first-order valence-electron chi connectivity index (χ1n) is 6.06. The van der Waals surface area contributed by atoms with E-state index >= 15 is 0 Å². The van der Waals surface area contributed by atoms with Gasteiger partial charge in [-0.2, -0.15) is 0 Å². The van der Waals surface area contributed by atoms with Gasteiger partial charge in [0.25, 0.3) is 0 Å². The molecule has 92 valence electrons. The molecule has 2 N–H and O–H groups in total. The van der Waals surface area contributed by atoms with Gasteiger partial charge in [0.05, 0.1) is 11.4 Å². The number of nitrogen functional groups attached to an aromatic ring is 1. The van der Waals surface area contributed by atoms with Crippen molar-refractivity contribution in [2.24, 2.45) is 0 Å². The summed E-state index contributed by atoms with van der Waals surface area (Å²) in [7, 11) is 0. The van der Waals surface area contributed by atoms with E-state index in [9.17, 15) is 0 Å². The minimum Gasteiger partial charge on any atom is -0.399 e. The Labute approximate surface area is 111 Å². The van der Waals surface area contributed by atoms with E-state index in [0.29, 0.717) is 0 Å². The molecule has 1 aromatic carbocycles. The first-order chi connectivity index (χ1) is 9.33. The van der Waals surface area contributed by atoms with E-state index in [-0.39, 0.29) is 0 Å². The van der Waals surface area contributed by atoms with Gasteiger partial charge in [-0.05, 0) is 36.4 Å². The summed E-state index contributed by atoms with van der Waals surface area (Å²) in [6, 6.07) is 17.6. The van der Waals surface area contributed by atoms with Crippen molar-refractivity contribution < 1.29 is 0 Å². The van der Waals surface area contributed by atoms with Crippen LogP contribution < -0.4 is 5.73 Å². The standard InChI is InChI=1S/C16H13N3/c17-14-6-4-12(5-7-14)15-2-1-3-16(19-15)13-8-10-18-11-9-13/h1-11H,17H2. The fraction of sp³-hybridized carbons (Fsp3) is 0. The highest BCUT2D eigenvalue weighted by Gasteiger charge is 2.02. The SMILES string of the molecule is Nc1ccc(-c2cccc(-c3ccncc3)n2)cc1. The van der Waals surface area contributed by atoms with Crippen LogP contribution >= 0.6 is 0 Å². The molecule has 0 saturated carbocycles. The second-order valence-corrected chi connectivity index (χ2v) is 4.27. The Bertz CT molecular complexity index is 676. The molecule has 0 spiro atoms. The molecule has 0 saturated heterocycles. The van der Waals surface area contributed by atoms with Crippen molar-refractivity contribution in [3.05, 3.63) is 67.0 Å². The number of anilines is 1. The van der Waals surface area contributed by atoms with Gasteiger partial charge in [-0.25, -0.2) is 4.98 Å². The molecule has 3 aromatic rings. The molecular formula is C16H13N3. The average Bonchev–Trinajstić information content (AvgIpc) is 2.49. The van der Waals surface area contributed by atoms with Gasteiger partial charge in [-0.15, -0.1) is 0 Å². The second kappa shape index (κ2) is 4.90. The number of hydrogen-bond acceptors (Lipinski definition) is 3. The predicted molar refractivity (Wildman–Crippen MR) is 77.3 cm³/mol. The van der Waals surface area contributed by atoms with Crippen LogP contribution in [0.25, 0.3) is 22.5 Å². The zero-order chi connectivity index (χ0) is 13.1. The minimum absolute atomic E-state index is 0.758. The van der Waals surface area contributed by atoms with Gasteiger partial charge in [0, 0.05) is 29.2 Å². The van der Waals surface area contributed by atoms with Crippen LogP contribution in [0.4, 0.5) is 5.69 Å². The van der Waals surface area contributed by atoms with Crippen molar-refractivity contribution in [3.8, 4) is 22.5 Å². The van der Waals surface area contributed by atoms with Crippen molar-refractivity contribution in [2.45, 2.75) is 0 Å². The monoisotopic (exact) mass is 247 g/mol. The summed E-state index contributed by atoms with van der Waals surface area (Å²) in [4.78, 5) is 8.69. The van der Waals surface area contributed by atoms with Gasteiger partial charge in [-0.1, -0.05) is 18.2 Å². The number of nitrogens with zero attached hydrogens (tertiary/aromatic N) is 2. The summed E-state index contributed by atoms with van der Waals surface area (Å²) < 4.78 is 0. The third kappa shape index (κ3) is 2.45. The lowest BCUT2D eigenvalue weighted by atomic mass is 10.1. The highest BCUT2D eigenvalue weighted by Crippen LogP contribution is 2.22. The van der Waals surface area contributed by atoms with E-state index < -0.39 is 0 Å². The van der Waals surface area contributed by atoms with Crippen LogP contribution in [-0.4, -0.2) is 9.97 Å². The molecule has 2 aromatic heterocycles. The summed E-state index contributed by atoms with van der Waals surface area (Å²) in [6.45, 7) is 0. The number of hydrogen-bond donors (Lipinski definition) is 1. The van der Waals surface area contributed by atoms with Crippen LogP contribution in [0.15, 0.2) is 67.0 Å². The van der Waals surface area contributed by atoms with Crippen LogP contribution in [0.2, 0.25) is 0 Å². The molecule has 3 nitrogen and oxygen atoms in total. The molecule has 0 aliphatic rings. The molecule has 2 heterocycles. The van der Waals surface area contributed by atoms with Crippen LogP contribution in [0.3, 0.4) is 0 Å². The lowest BCUT2D eigenvalue weighted by Gasteiger charge is -2.05. The molecule has 0 atom stereocenters. The minimum atomic E-state index is 0.758. The fourth-order valence-electron chi connectivity index (χ4n) is 1.93. The number of nitrogens with two attached hydrogens (primary N) is 1. The van der Waals surface area contributed by atoms with E-state index in [1.54, 1.807) is 12.4 Å². The third-order valence-corrected chi connectivity index (χ3v) is 2.93. The zero-order valence-corrected chi connectivity index (χ0v) is 10.3. The topological polar surface area (TPSA) is 51.8 Å². The molecule has 0 fully saturated rings. The van der Waals surface area contributed by atoms with Crippen LogP contribution in [0.5, 0.6) is 0 Å². The number of aromatic nitrogens is 2. The first-order valence-corrected chi connectivity index (χ1v) is 6.06. The maximum absolute atomic E-state index is 5.70. The molecular weight excluding hydrogens is 234 g/mol. The largest absolute Gasteiger partial charge is 0.399 e. The van der Waals surface area contributed by atoms with E-state index in [2.05, 4.69) is 9.97 Å². The van der Waals surface area contributed by atoms with Crippen LogP contribution in [0.1, 0.15) is 0 Å². The van der Waals surface area contributed by atoms with E-state index in [0.717, 1.165) is 28.2 Å². The lowest BCUT2D eigenvalue weighted by molar-refractivity contribution is 1.29. The maximum atomic E-state index is 5.70. The Morgan fingerprint density at radius 3 is 1.89 bits per heavy atom. The smallest absolute Gasteiger partial charge is 0.0710 e. The molecule has 19 heavy (non-hydrogen) atoms. The summed E-state index contributed by atoms with van der Waals surface area (Å²) in [6.07, 6.45) is 3.54. The molecule has 0 unspecified atom stereocenters. The van der Waals surface area contributed by atoms with Gasteiger partial charge in [0.15, 0.2) is 0 Å². The van der Waals surface area contributed by atoms with Gasteiger partial charge >= 0.3 is 0 Å². The van der Waals surface area contributed by atoms with Gasteiger partial charge in [-0.3, -0.25) is 4.98 Å². The van der Waals surface area contributed by atoms with E-state index in [1.165, 1.54) is 0 Å². The predicted octanol–water partition coefficient (Wildman–Crippen LogP) is 3.39. The van der Waals surface area contributed by atoms with E-state index in [1.807, 2.05) is 54.6 Å². The lowest BCUT2D eigenvalue weighted by Crippen LogP contribution is -1.89. The number of benzene rings is 1. The Morgan fingerprint density at radius 1 is 0.684 bits per heavy atom. The Morgan fingerprint density at radius 2 is 1.26 bits per heavy atom. The van der Waals surface area contributed by atoms with Crippen molar-refractivity contribution in [3.63, 3.8) is 0 Å². The summed E-state index contributed by atoms with van der Waals surface area (Å²) in [5.74, 6) is 0. The first kappa shape index (κ1) is 11.4. The molecule has 0 radical (unpaired) electrons. The molecule has 0 aliphatic carbocycles. The third-order valence-electron chi connectivity index (χ3n) is 2.93. The van der Waals surface area contributed by atoms with Crippen molar-refractivity contribution in [2.75, 3.05) is 5.73 Å². The zero-order valence-electron chi connectivity index (χ0n) is 10.3. The van der Waals surface area contributed by atoms with Gasteiger partial charge < -0.3 is 5.73 Å². The van der Waals surface area contributed by atoms with Crippen molar-refractivity contribution in [1.29, 1.82) is 0 Å². The Balaban J connectivity index is 2.03. The normalized spacial score (nSPS) is 10.3. The highest BCUT2D eigenvalue weighted by atomic mass is 14.7. The fourth-order valence-corrected chi connectivity index (χ4v) is 1.93. The van der Waals surface area contributed by atoms with Crippen molar-refractivity contribution >= 4 is 5.69 Å². The maximum Gasteiger partial charge on any atom is 0.0710 e. The Hall–Kier alpha value is -2.68. The average molecular weight is 247 g/mol. The van der Waals surface area contributed by atoms with Crippen LogP contribution in [-0.2, 0) is 0 Å². The quantitative estimate of drug-likeness (QED) is 0.706. The van der Waals surface area contributed by atoms with Gasteiger partial charge in [0.2, 0.25) is 0 Å². The molecule has 0 aliphatic heterocycles. The molecule has 0 amide bonds. The van der Waals surface area contributed by atoms with Crippen LogP contribution in [0, 0.1) is 0 Å². The number of rotatable bonds is 2. The molecule has 0 bridgehead atoms. The summed E-state index contributed by atoms with van der Waals surface area (Å²) in [5, 5.41) is 0. The molecule has 3 heteroatoms. The highest BCUT2D eigenvalue weighted by molar-refractivity contribution is 5.66. The summed E-state index contributed by atoms with van der Waals surface area (Å²) >= 11 is 0. The van der Waals surface area contributed by atoms with Gasteiger partial charge in [0.1, 0.15) is 0 Å². The van der Waals surface area contributed by atoms with E-state index in [4.69, 9.17) is 5.73 Å². The molecule has 3 rings (SSSR count). The Kier molecular flexibility index (Phi) is 2.94. The summed E-state index contributed by atoms with van der Waals surface area (Å²) in [5.41, 5.74) is 10.5. The second-order valence-electron chi connectivity index (χ2n) is 4.27. The number of pyridine rings is 2.